The lowest BCUT2D eigenvalue weighted by Gasteiger charge is -2.32. The molecule has 2 aromatic carbocycles. The fourth-order valence-electron chi connectivity index (χ4n) is 4.41. The molecule has 4 aromatic rings. The standard InChI is InChI=1S/C25H26N4O2/c30-25(26-14-6-10-18-8-2-1-3-9-18)19-11-7-15-29(16-19)24-23-22(27-17-28-24)20-12-4-5-13-21(20)31-23/h1-5,8-9,12-13,17,19H,6-7,10-11,14-16H2,(H,26,30)/t19-/m0/s1. The molecule has 158 valence electrons. The highest BCUT2D eigenvalue weighted by atomic mass is 16.3. The number of anilines is 1. The summed E-state index contributed by atoms with van der Waals surface area (Å²) in [5.74, 6) is 0.871. The Morgan fingerprint density at radius 2 is 1.94 bits per heavy atom. The highest BCUT2D eigenvalue weighted by Crippen LogP contribution is 2.33. The molecule has 1 amide bonds. The van der Waals surface area contributed by atoms with E-state index in [0.717, 1.165) is 54.5 Å². The maximum atomic E-state index is 12.8. The molecule has 0 bridgehead atoms. The number of fused-ring (bicyclic) bond motifs is 3. The van der Waals surface area contributed by atoms with Gasteiger partial charge in [0.25, 0.3) is 0 Å². The van der Waals surface area contributed by atoms with E-state index in [-0.39, 0.29) is 11.8 Å². The van der Waals surface area contributed by atoms with Crippen LogP contribution in [0.4, 0.5) is 5.82 Å². The Kier molecular flexibility index (Phi) is 5.52. The van der Waals surface area contributed by atoms with Gasteiger partial charge in [-0.2, -0.15) is 0 Å². The average Bonchev–Trinajstić information content (AvgIpc) is 3.21. The summed E-state index contributed by atoms with van der Waals surface area (Å²) >= 11 is 0. The van der Waals surface area contributed by atoms with E-state index < -0.39 is 0 Å². The zero-order valence-electron chi connectivity index (χ0n) is 17.5. The topological polar surface area (TPSA) is 71.3 Å². The van der Waals surface area contributed by atoms with E-state index in [1.165, 1.54) is 5.56 Å². The minimum atomic E-state index is -0.0418. The number of para-hydroxylation sites is 1. The summed E-state index contributed by atoms with van der Waals surface area (Å²) in [5, 5.41) is 4.12. The number of carbonyl (C=O) groups excluding carboxylic acids is 1. The van der Waals surface area contributed by atoms with Crippen LogP contribution in [0.5, 0.6) is 0 Å². The average molecular weight is 415 g/mol. The van der Waals surface area contributed by atoms with E-state index in [9.17, 15) is 4.79 Å². The summed E-state index contributed by atoms with van der Waals surface area (Å²) in [5.41, 5.74) is 3.64. The molecule has 1 aliphatic rings. The third kappa shape index (κ3) is 4.10. The molecule has 1 aliphatic heterocycles. The van der Waals surface area contributed by atoms with Gasteiger partial charge in [-0.1, -0.05) is 42.5 Å². The van der Waals surface area contributed by atoms with Gasteiger partial charge in [0, 0.05) is 25.0 Å². The number of aryl methyl sites for hydroxylation is 1. The van der Waals surface area contributed by atoms with Gasteiger partial charge in [-0.05, 0) is 43.4 Å². The van der Waals surface area contributed by atoms with Crippen LogP contribution in [0.1, 0.15) is 24.8 Å². The van der Waals surface area contributed by atoms with Gasteiger partial charge >= 0.3 is 0 Å². The molecule has 0 spiro atoms. The normalized spacial score (nSPS) is 16.6. The quantitative estimate of drug-likeness (QED) is 0.475. The van der Waals surface area contributed by atoms with E-state index in [1.807, 2.05) is 30.3 Å². The van der Waals surface area contributed by atoms with E-state index in [4.69, 9.17) is 4.42 Å². The molecule has 0 unspecified atom stereocenters. The van der Waals surface area contributed by atoms with Crippen LogP contribution in [-0.4, -0.2) is 35.5 Å². The van der Waals surface area contributed by atoms with Crippen molar-refractivity contribution in [3.05, 3.63) is 66.5 Å². The Labute approximate surface area is 181 Å². The molecule has 1 N–H and O–H groups in total. The van der Waals surface area contributed by atoms with Crippen LogP contribution in [-0.2, 0) is 11.2 Å². The monoisotopic (exact) mass is 414 g/mol. The maximum absolute atomic E-state index is 12.8. The van der Waals surface area contributed by atoms with E-state index in [1.54, 1.807) is 6.33 Å². The molecule has 6 heteroatoms. The number of amides is 1. The first-order valence-electron chi connectivity index (χ1n) is 11.0. The smallest absolute Gasteiger partial charge is 0.224 e. The van der Waals surface area contributed by atoms with Crippen molar-refractivity contribution >= 4 is 33.8 Å². The molecule has 1 atom stereocenters. The van der Waals surface area contributed by atoms with Crippen molar-refractivity contribution in [1.82, 2.24) is 15.3 Å². The molecular weight excluding hydrogens is 388 g/mol. The third-order valence-corrected chi connectivity index (χ3v) is 6.02. The number of aromatic nitrogens is 2. The minimum Gasteiger partial charge on any atom is -0.450 e. The largest absolute Gasteiger partial charge is 0.450 e. The Morgan fingerprint density at radius 3 is 2.84 bits per heavy atom. The van der Waals surface area contributed by atoms with Crippen molar-refractivity contribution in [3.63, 3.8) is 0 Å². The lowest BCUT2D eigenvalue weighted by atomic mass is 9.97. The fraction of sp³-hybridized carbons (Fsp3) is 0.320. The second-order valence-electron chi connectivity index (χ2n) is 8.14. The molecule has 0 aliphatic carbocycles. The predicted molar refractivity (Wildman–Crippen MR) is 122 cm³/mol. The van der Waals surface area contributed by atoms with Crippen LogP contribution >= 0.6 is 0 Å². The first kappa shape index (κ1) is 19.5. The van der Waals surface area contributed by atoms with Gasteiger partial charge in [0.2, 0.25) is 5.91 Å². The summed E-state index contributed by atoms with van der Waals surface area (Å²) in [7, 11) is 0. The first-order valence-corrected chi connectivity index (χ1v) is 11.0. The number of rotatable bonds is 6. The number of carbonyl (C=O) groups is 1. The van der Waals surface area contributed by atoms with Crippen LogP contribution in [0.2, 0.25) is 0 Å². The van der Waals surface area contributed by atoms with Crippen LogP contribution < -0.4 is 10.2 Å². The zero-order chi connectivity index (χ0) is 21.0. The van der Waals surface area contributed by atoms with Gasteiger partial charge < -0.3 is 14.6 Å². The summed E-state index contributed by atoms with van der Waals surface area (Å²) < 4.78 is 6.09. The minimum absolute atomic E-state index is 0.0418. The number of hydrogen-bond acceptors (Lipinski definition) is 5. The zero-order valence-corrected chi connectivity index (χ0v) is 17.5. The predicted octanol–water partition coefficient (Wildman–Crippen LogP) is 4.34. The first-order chi connectivity index (χ1) is 15.3. The van der Waals surface area contributed by atoms with Gasteiger partial charge in [-0.15, -0.1) is 0 Å². The van der Waals surface area contributed by atoms with Crippen molar-refractivity contribution in [2.75, 3.05) is 24.5 Å². The Bertz CT molecular complexity index is 1190. The number of hydrogen-bond donors (Lipinski definition) is 1. The number of nitrogens with zero attached hydrogens (tertiary/aromatic N) is 3. The van der Waals surface area contributed by atoms with Crippen LogP contribution in [0, 0.1) is 5.92 Å². The molecule has 0 saturated carbocycles. The maximum Gasteiger partial charge on any atom is 0.224 e. The molecule has 0 radical (unpaired) electrons. The summed E-state index contributed by atoms with van der Waals surface area (Å²) in [6.45, 7) is 2.21. The van der Waals surface area contributed by atoms with Crippen molar-refractivity contribution in [2.45, 2.75) is 25.7 Å². The second kappa shape index (κ2) is 8.76. The summed E-state index contributed by atoms with van der Waals surface area (Å²) in [6.07, 6.45) is 5.36. The molecule has 2 aromatic heterocycles. The Hall–Kier alpha value is -3.41. The van der Waals surface area contributed by atoms with Crippen LogP contribution in [0.25, 0.3) is 22.1 Å². The van der Waals surface area contributed by atoms with Gasteiger partial charge in [-0.3, -0.25) is 4.79 Å². The molecule has 1 saturated heterocycles. The van der Waals surface area contributed by atoms with E-state index >= 15 is 0 Å². The number of furan rings is 1. The SMILES string of the molecule is O=C(NCCCc1ccccc1)[C@H]1CCCN(c2ncnc3c2oc2ccccc23)C1. The van der Waals surface area contributed by atoms with E-state index in [0.29, 0.717) is 18.7 Å². The molecule has 3 heterocycles. The number of nitrogens with one attached hydrogen (secondary N) is 1. The molecule has 5 rings (SSSR count). The highest BCUT2D eigenvalue weighted by Gasteiger charge is 2.28. The van der Waals surface area contributed by atoms with Gasteiger partial charge in [0.05, 0.1) is 5.92 Å². The second-order valence-corrected chi connectivity index (χ2v) is 8.14. The lowest BCUT2D eigenvalue weighted by Crippen LogP contribution is -2.43. The van der Waals surface area contributed by atoms with Gasteiger partial charge in [0.1, 0.15) is 17.4 Å². The summed E-state index contributed by atoms with van der Waals surface area (Å²) in [4.78, 5) is 23.9. The van der Waals surface area contributed by atoms with Crippen molar-refractivity contribution < 1.29 is 9.21 Å². The number of benzene rings is 2. The summed E-state index contributed by atoms with van der Waals surface area (Å²) in [6, 6.07) is 18.3. The number of piperidine rings is 1. The van der Waals surface area contributed by atoms with Crippen LogP contribution in [0.15, 0.2) is 65.3 Å². The molecule has 31 heavy (non-hydrogen) atoms. The van der Waals surface area contributed by atoms with Crippen LogP contribution in [0.3, 0.4) is 0 Å². The van der Waals surface area contributed by atoms with Crippen molar-refractivity contribution in [3.8, 4) is 0 Å². The Balaban J connectivity index is 1.24. The fourth-order valence-corrected chi connectivity index (χ4v) is 4.41. The van der Waals surface area contributed by atoms with Gasteiger partial charge in [-0.25, -0.2) is 9.97 Å². The van der Waals surface area contributed by atoms with Crippen molar-refractivity contribution in [1.29, 1.82) is 0 Å². The van der Waals surface area contributed by atoms with Gasteiger partial charge in [0.15, 0.2) is 11.4 Å². The molecular formula is C25H26N4O2. The molecule has 1 fully saturated rings. The van der Waals surface area contributed by atoms with Crippen molar-refractivity contribution in [2.24, 2.45) is 5.92 Å². The third-order valence-electron chi connectivity index (χ3n) is 6.02. The lowest BCUT2D eigenvalue weighted by molar-refractivity contribution is -0.125. The highest BCUT2D eigenvalue weighted by molar-refractivity contribution is 6.05. The molecule has 6 nitrogen and oxygen atoms in total. The Morgan fingerprint density at radius 1 is 1.10 bits per heavy atom. The van der Waals surface area contributed by atoms with E-state index in [2.05, 4.69) is 44.5 Å².